The van der Waals surface area contributed by atoms with E-state index in [1.54, 1.807) is 0 Å². The van der Waals surface area contributed by atoms with Crippen molar-refractivity contribution in [1.29, 1.82) is 0 Å². The van der Waals surface area contributed by atoms with Crippen molar-refractivity contribution in [3.05, 3.63) is 16.1 Å². The van der Waals surface area contributed by atoms with Gasteiger partial charge >= 0.3 is 0 Å². The average molecular weight is 253 g/mol. The van der Waals surface area contributed by atoms with Crippen LogP contribution in [0.1, 0.15) is 42.0 Å². The first-order chi connectivity index (χ1) is 8.33. The van der Waals surface area contributed by atoms with E-state index < -0.39 is 0 Å². The predicted octanol–water partition coefficient (Wildman–Crippen LogP) is 2.23. The molecule has 0 saturated carbocycles. The van der Waals surface area contributed by atoms with E-state index in [0.717, 1.165) is 19.4 Å². The molecule has 1 aromatic rings. The standard InChI is InChI=1S/C13H23N3S/c1-2-16-8-5-11(6-9-16)13-15-10-12(17-13)4-3-7-14/h10-11H,2-9,14H2,1H3. The van der Waals surface area contributed by atoms with E-state index in [-0.39, 0.29) is 0 Å². The molecule has 0 aliphatic carbocycles. The van der Waals surface area contributed by atoms with Crippen LogP contribution in [0.2, 0.25) is 0 Å². The van der Waals surface area contributed by atoms with Crippen molar-refractivity contribution in [2.45, 2.75) is 38.5 Å². The Morgan fingerprint density at radius 1 is 1.47 bits per heavy atom. The van der Waals surface area contributed by atoms with Crippen LogP contribution < -0.4 is 5.73 Å². The fourth-order valence-electron chi connectivity index (χ4n) is 2.40. The number of hydrogen-bond acceptors (Lipinski definition) is 4. The molecule has 0 bridgehead atoms. The summed E-state index contributed by atoms with van der Waals surface area (Å²) in [4.78, 5) is 8.54. The highest BCUT2D eigenvalue weighted by molar-refractivity contribution is 7.11. The Balaban J connectivity index is 1.87. The molecular weight excluding hydrogens is 230 g/mol. The minimum atomic E-state index is 0.703. The van der Waals surface area contributed by atoms with Crippen molar-refractivity contribution in [3.63, 3.8) is 0 Å². The molecule has 0 unspecified atom stereocenters. The molecule has 0 radical (unpaired) electrons. The molecule has 2 N–H and O–H groups in total. The number of thiazole rings is 1. The molecule has 2 rings (SSSR count). The Bertz CT molecular complexity index is 329. The third kappa shape index (κ3) is 3.50. The van der Waals surface area contributed by atoms with Crippen LogP contribution in [0.5, 0.6) is 0 Å². The lowest BCUT2D eigenvalue weighted by Crippen LogP contribution is -2.32. The molecule has 1 aromatic heterocycles. The summed E-state index contributed by atoms with van der Waals surface area (Å²) in [6.07, 6.45) is 6.79. The van der Waals surface area contributed by atoms with Crippen LogP contribution >= 0.6 is 11.3 Å². The summed E-state index contributed by atoms with van der Waals surface area (Å²) in [5.41, 5.74) is 5.54. The van der Waals surface area contributed by atoms with E-state index >= 15 is 0 Å². The molecule has 1 saturated heterocycles. The molecule has 96 valence electrons. The molecular formula is C13H23N3S. The molecule has 2 heterocycles. The summed E-state index contributed by atoms with van der Waals surface area (Å²) in [5, 5.41) is 1.35. The maximum absolute atomic E-state index is 5.54. The van der Waals surface area contributed by atoms with Crippen molar-refractivity contribution >= 4 is 11.3 Å². The van der Waals surface area contributed by atoms with Crippen molar-refractivity contribution in [1.82, 2.24) is 9.88 Å². The van der Waals surface area contributed by atoms with E-state index in [1.807, 2.05) is 11.3 Å². The second-order valence-corrected chi connectivity index (χ2v) is 5.91. The average Bonchev–Trinajstić information content (AvgIpc) is 2.85. The van der Waals surface area contributed by atoms with Crippen LogP contribution in [0, 0.1) is 0 Å². The molecule has 0 amide bonds. The lowest BCUT2D eigenvalue weighted by Gasteiger charge is -2.29. The number of likely N-dealkylation sites (tertiary alicyclic amines) is 1. The number of hydrogen-bond donors (Lipinski definition) is 1. The molecule has 17 heavy (non-hydrogen) atoms. The number of aromatic nitrogens is 1. The topological polar surface area (TPSA) is 42.2 Å². The summed E-state index contributed by atoms with van der Waals surface area (Å²) in [5.74, 6) is 0.703. The summed E-state index contributed by atoms with van der Waals surface area (Å²) < 4.78 is 0. The van der Waals surface area contributed by atoms with E-state index in [2.05, 4.69) is 23.0 Å². The fraction of sp³-hybridized carbons (Fsp3) is 0.769. The largest absolute Gasteiger partial charge is 0.330 e. The summed E-state index contributed by atoms with van der Waals surface area (Å²) in [7, 11) is 0. The number of piperidine rings is 1. The van der Waals surface area contributed by atoms with Crippen molar-refractivity contribution < 1.29 is 0 Å². The number of nitrogens with two attached hydrogens (primary N) is 1. The van der Waals surface area contributed by atoms with Gasteiger partial charge in [-0.2, -0.15) is 0 Å². The minimum Gasteiger partial charge on any atom is -0.330 e. The molecule has 0 aromatic carbocycles. The first-order valence-corrected chi connectivity index (χ1v) is 7.52. The summed E-state index contributed by atoms with van der Waals surface area (Å²) in [6, 6.07) is 0. The highest BCUT2D eigenvalue weighted by Crippen LogP contribution is 2.31. The van der Waals surface area contributed by atoms with Gasteiger partial charge in [-0.1, -0.05) is 6.92 Å². The van der Waals surface area contributed by atoms with Crippen molar-refractivity contribution in [2.75, 3.05) is 26.2 Å². The van der Waals surface area contributed by atoms with E-state index in [9.17, 15) is 0 Å². The van der Waals surface area contributed by atoms with Crippen LogP contribution in [0.4, 0.5) is 0 Å². The van der Waals surface area contributed by atoms with Crippen LogP contribution in [-0.2, 0) is 6.42 Å². The first kappa shape index (κ1) is 13.0. The fourth-order valence-corrected chi connectivity index (χ4v) is 3.53. The van der Waals surface area contributed by atoms with Gasteiger partial charge < -0.3 is 10.6 Å². The van der Waals surface area contributed by atoms with Gasteiger partial charge in [0.1, 0.15) is 0 Å². The number of aryl methyl sites for hydroxylation is 1. The highest BCUT2D eigenvalue weighted by atomic mass is 32.1. The van der Waals surface area contributed by atoms with Crippen LogP contribution in [0.25, 0.3) is 0 Å². The third-order valence-electron chi connectivity index (χ3n) is 3.58. The zero-order chi connectivity index (χ0) is 12.1. The number of rotatable bonds is 5. The SMILES string of the molecule is CCN1CCC(c2ncc(CCCN)s2)CC1. The molecule has 0 spiro atoms. The molecule has 1 aliphatic heterocycles. The van der Waals surface area contributed by atoms with Gasteiger partial charge in [0, 0.05) is 17.0 Å². The summed E-state index contributed by atoms with van der Waals surface area (Å²) >= 11 is 1.90. The van der Waals surface area contributed by atoms with Gasteiger partial charge in [0.25, 0.3) is 0 Å². The van der Waals surface area contributed by atoms with Gasteiger partial charge in [0.15, 0.2) is 0 Å². The predicted molar refractivity (Wildman–Crippen MR) is 73.6 cm³/mol. The molecule has 1 aliphatic rings. The molecule has 1 fully saturated rings. The van der Waals surface area contributed by atoms with Crippen LogP contribution in [0.15, 0.2) is 6.20 Å². The van der Waals surface area contributed by atoms with Gasteiger partial charge in [0.05, 0.1) is 5.01 Å². The molecule has 3 nitrogen and oxygen atoms in total. The lowest BCUT2D eigenvalue weighted by molar-refractivity contribution is 0.222. The Labute approximate surface area is 108 Å². The van der Waals surface area contributed by atoms with Gasteiger partial charge in [-0.25, -0.2) is 4.98 Å². The smallest absolute Gasteiger partial charge is 0.0959 e. The normalized spacial score (nSPS) is 18.7. The van der Waals surface area contributed by atoms with Gasteiger partial charge in [0.2, 0.25) is 0 Å². The van der Waals surface area contributed by atoms with Crippen LogP contribution in [-0.4, -0.2) is 36.1 Å². The van der Waals surface area contributed by atoms with E-state index in [4.69, 9.17) is 5.73 Å². The lowest BCUT2D eigenvalue weighted by atomic mass is 9.98. The summed E-state index contributed by atoms with van der Waals surface area (Å²) in [6.45, 7) is 6.68. The maximum Gasteiger partial charge on any atom is 0.0959 e. The Morgan fingerprint density at radius 2 is 2.24 bits per heavy atom. The van der Waals surface area contributed by atoms with Crippen molar-refractivity contribution in [2.24, 2.45) is 5.73 Å². The number of nitrogens with zero attached hydrogens (tertiary/aromatic N) is 2. The third-order valence-corrected chi connectivity index (χ3v) is 4.80. The van der Waals surface area contributed by atoms with Gasteiger partial charge in [-0.3, -0.25) is 0 Å². The zero-order valence-electron chi connectivity index (χ0n) is 10.7. The first-order valence-electron chi connectivity index (χ1n) is 6.70. The quantitative estimate of drug-likeness (QED) is 0.875. The molecule has 4 heteroatoms. The maximum atomic E-state index is 5.54. The highest BCUT2D eigenvalue weighted by Gasteiger charge is 2.21. The van der Waals surface area contributed by atoms with Crippen LogP contribution in [0.3, 0.4) is 0 Å². The van der Waals surface area contributed by atoms with Gasteiger partial charge in [-0.15, -0.1) is 11.3 Å². The van der Waals surface area contributed by atoms with Crippen molar-refractivity contribution in [3.8, 4) is 0 Å². The minimum absolute atomic E-state index is 0.703. The van der Waals surface area contributed by atoms with Gasteiger partial charge in [-0.05, 0) is 51.9 Å². The molecule has 0 atom stereocenters. The zero-order valence-corrected chi connectivity index (χ0v) is 11.5. The second kappa shape index (κ2) is 6.47. The Kier molecular flexibility index (Phi) is 4.95. The monoisotopic (exact) mass is 253 g/mol. The Hall–Kier alpha value is -0.450. The second-order valence-electron chi connectivity index (χ2n) is 4.77. The van der Waals surface area contributed by atoms with E-state index in [1.165, 1.54) is 42.4 Å². The van der Waals surface area contributed by atoms with E-state index in [0.29, 0.717) is 5.92 Å². The Morgan fingerprint density at radius 3 is 2.88 bits per heavy atom.